The van der Waals surface area contributed by atoms with Crippen LogP contribution in [0.5, 0.6) is 0 Å². The largest absolute Gasteiger partial charge is 0.470 e. The van der Waals surface area contributed by atoms with Crippen LogP contribution < -0.4 is 10.9 Å². The van der Waals surface area contributed by atoms with Crippen molar-refractivity contribution in [3.63, 3.8) is 0 Å². The van der Waals surface area contributed by atoms with Gasteiger partial charge in [-0.25, -0.2) is 5.43 Å². The van der Waals surface area contributed by atoms with Gasteiger partial charge in [-0.2, -0.15) is 18.6 Å². The van der Waals surface area contributed by atoms with Crippen molar-refractivity contribution in [2.45, 2.75) is 32.6 Å². The lowest BCUT2D eigenvalue weighted by atomic mass is 10.1. The predicted octanol–water partition coefficient (Wildman–Crippen LogP) is 5.95. The van der Waals surface area contributed by atoms with E-state index in [1.807, 2.05) is 12.1 Å². The SMILES string of the molecule is CC(C)(C)NNC(F)(F)F.Cl.O=C(Cl)c1ccccc1.O=C(Cl)c1ccccc1. The van der Waals surface area contributed by atoms with Gasteiger partial charge in [-0.05, 0) is 44.0 Å². The van der Waals surface area contributed by atoms with Crippen LogP contribution >= 0.6 is 35.6 Å². The molecule has 10 heteroatoms. The molecule has 0 saturated heterocycles. The molecule has 0 aliphatic carbocycles. The number of benzene rings is 2. The first-order valence-corrected chi connectivity index (χ1v) is 8.68. The maximum Gasteiger partial charge on any atom is 0.470 e. The van der Waals surface area contributed by atoms with Crippen molar-refractivity contribution in [3.8, 4) is 0 Å². The number of rotatable bonds is 3. The second-order valence-electron chi connectivity index (χ2n) is 6.28. The maximum atomic E-state index is 11.4. The van der Waals surface area contributed by atoms with Crippen molar-refractivity contribution in [2.75, 3.05) is 0 Å². The zero-order chi connectivity index (χ0) is 21.8. The quantitative estimate of drug-likeness (QED) is 0.328. The average Bonchev–Trinajstić information content (AvgIpc) is 2.61. The molecule has 29 heavy (non-hydrogen) atoms. The molecular weight excluding hydrogens is 452 g/mol. The average molecular weight is 474 g/mol. The third kappa shape index (κ3) is 18.1. The second-order valence-corrected chi connectivity index (χ2v) is 6.96. The van der Waals surface area contributed by atoms with Gasteiger partial charge in [-0.15, -0.1) is 12.4 Å². The van der Waals surface area contributed by atoms with E-state index in [-0.39, 0.29) is 12.4 Å². The van der Waals surface area contributed by atoms with Crippen LogP contribution in [0.4, 0.5) is 13.2 Å². The van der Waals surface area contributed by atoms with Crippen LogP contribution in [0.3, 0.4) is 0 Å². The number of hydrogen-bond donors (Lipinski definition) is 2. The Kier molecular flexibility index (Phi) is 14.6. The number of hydrogen-bond acceptors (Lipinski definition) is 4. The van der Waals surface area contributed by atoms with E-state index in [4.69, 9.17) is 23.2 Å². The molecule has 4 nitrogen and oxygen atoms in total. The van der Waals surface area contributed by atoms with Gasteiger partial charge in [0.1, 0.15) is 0 Å². The number of carbonyl (C=O) groups is 2. The molecule has 0 heterocycles. The molecule has 2 N–H and O–H groups in total. The van der Waals surface area contributed by atoms with E-state index in [0.717, 1.165) is 0 Å². The number of carbonyl (C=O) groups excluding carboxylic acids is 2. The predicted molar refractivity (Wildman–Crippen MR) is 113 cm³/mol. The molecule has 162 valence electrons. The van der Waals surface area contributed by atoms with Crippen LogP contribution in [0, 0.1) is 0 Å². The Balaban J connectivity index is 0. The minimum absolute atomic E-state index is 0. The van der Waals surface area contributed by atoms with Gasteiger partial charge in [0.25, 0.3) is 10.5 Å². The summed E-state index contributed by atoms with van der Waals surface area (Å²) in [5.74, 6) is 0. The third-order valence-corrected chi connectivity index (χ3v) is 3.02. The fraction of sp³-hybridized carbons (Fsp3) is 0.263. The van der Waals surface area contributed by atoms with E-state index in [0.29, 0.717) is 11.1 Å². The molecule has 0 spiro atoms. The van der Waals surface area contributed by atoms with Crippen LogP contribution in [-0.4, -0.2) is 22.3 Å². The van der Waals surface area contributed by atoms with Crippen LogP contribution in [0.1, 0.15) is 41.5 Å². The molecule has 2 aromatic carbocycles. The van der Waals surface area contributed by atoms with Crippen molar-refractivity contribution in [3.05, 3.63) is 71.8 Å². The van der Waals surface area contributed by atoms with Crippen molar-refractivity contribution >= 4 is 46.1 Å². The molecule has 0 amide bonds. The van der Waals surface area contributed by atoms with Crippen molar-refractivity contribution < 1.29 is 22.8 Å². The number of alkyl halides is 3. The fourth-order valence-electron chi connectivity index (χ4n) is 1.40. The Morgan fingerprint density at radius 2 is 1.03 bits per heavy atom. The highest BCUT2D eigenvalue weighted by Crippen LogP contribution is 2.09. The van der Waals surface area contributed by atoms with Gasteiger partial charge in [0.15, 0.2) is 0 Å². The highest BCUT2D eigenvalue weighted by atomic mass is 35.5. The van der Waals surface area contributed by atoms with Crippen molar-refractivity contribution in [1.82, 2.24) is 10.9 Å². The van der Waals surface area contributed by atoms with Crippen molar-refractivity contribution in [1.29, 1.82) is 0 Å². The highest BCUT2D eigenvalue weighted by Gasteiger charge is 2.28. The smallest absolute Gasteiger partial charge is 0.276 e. The first-order chi connectivity index (χ1) is 12.8. The zero-order valence-electron chi connectivity index (χ0n) is 15.9. The zero-order valence-corrected chi connectivity index (χ0v) is 18.2. The van der Waals surface area contributed by atoms with E-state index in [2.05, 4.69) is 5.43 Å². The van der Waals surface area contributed by atoms with E-state index in [9.17, 15) is 22.8 Å². The van der Waals surface area contributed by atoms with Gasteiger partial charge in [-0.1, -0.05) is 60.7 Å². The van der Waals surface area contributed by atoms with E-state index in [1.165, 1.54) is 5.43 Å². The molecule has 0 unspecified atom stereocenters. The van der Waals surface area contributed by atoms with E-state index < -0.39 is 22.3 Å². The van der Waals surface area contributed by atoms with Gasteiger partial charge in [-0.3, -0.25) is 9.59 Å². The summed E-state index contributed by atoms with van der Waals surface area (Å²) in [5.41, 5.74) is 3.81. The fourth-order valence-corrected chi connectivity index (χ4v) is 1.65. The highest BCUT2D eigenvalue weighted by molar-refractivity contribution is 6.68. The molecule has 0 atom stereocenters. The number of nitrogens with one attached hydrogen (secondary N) is 2. The Morgan fingerprint density at radius 3 is 1.17 bits per heavy atom. The summed E-state index contributed by atoms with van der Waals surface area (Å²) in [7, 11) is 0. The summed E-state index contributed by atoms with van der Waals surface area (Å²) in [5, 5.41) is -0.814. The number of hydrazine groups is 1. The summed E-state index contributed by atoms with van der Waals surface area (Å²) < 4.78 is 34.2. The second kappa shape index (κ2) is 14.4. The molecule has 0 radical (unpaired) electrons. The van der Waals surface area contributed by atoms with Crippen molar-refractivity contribution in [2.24, 2.45) is 0 Å². The normalized spacial score (nSPS) is 10.3. The van der Waals surface area contributed by atoms with Gasteiger partial charge in [0.2, 0.25) is 0 Å². The molecule has 0 aliphatic heterocycles. The lowest BCUT2D eigenvalue weighted by Crippen LogP contribution is -2.52. The number of halogens is 6. The van der Waals surface area contributed by atoms with Crippen LogP contribution in [-0.2, 0) is 0 Å². The minimum atomic E-state index is -4.35. The Bertz CT molecular complexity index is 659. The molecule has 0 saturated carbocycles. The van der Waals surface area contributed by atoms with Gasteiger partial charge >= 0.3 is 6.30 Å². The summed E-state index contributed by atoms with van der Waals surface area (Å²) in [4.78, 5) is 20.8. The van der Waals surface area contributed by atoms with Crippen LogP contribution in [0.25, 0.3) is 0 Å². The molecule has 0 aliphatic rings. The minimum Gasteiger partial charge on any atom is -0.276 e. The summed E-state index contributed by atoms with van der Waals surface area (Å²) in [6, 6.07) is 17.5. The molecule has 0 fully saturated rings. The van der Waals surface area contributed by atoms with Crippen LogP contribution in [0.2, 0.25) is 0 Å². The van der Waals surface area contributed by atoms with Gasteiger partial charge < -0.3 is 0 Å². The Morgan fingerprint density at radius 1 is 0.724 bits per heavy atom. The standard InChI is InChI=1S/2C7H5ClO.C5H11F3N2.ClH/c2*8-7(9)6-4-2-1-3-5-6;1-4(2,3)9-10-5(6,7)8;/h2*1-5H;9-10H,1-3H3;1H. The molecule has 0 bridgehead atoms. The lowest BCUT2D eigenvalue weighted by molar-refractivity contribution is -0.171. The summed E-state index contributed by atoms with van der Waals surface area (Å²) in [6.07, 6.45) is -4.35. The molecule has 0 aromatic heterocycles. The first kappa shape index (κ1) is 29.6. The van der Waals surface area contributed by atoms with Gasteiger partial charge in [0.05, 0.1) is 0 Å². The van der Waals surface area contributed by atoms with E-state index in [1.54, 1.807) is 69.3 Å². The first-order valence-electron chi connectivity index (χ1n) is 7.92. The summed E-state index contributed by atoms with van der Waals surface area (Å²) >= 11 is 10.3. The topological polar surface area (TPSA) is 58.2 Å². The summed E-state index contributed by atoms with van der Waals surface area (Å²) in [6.45, 7) is 4.89. The maximum absolute atomic E-state index is 11.4. The molecule has 2 aromatic rings. The molecule has 2 rings (SSSR count). The van der Waals surface area contributed by atoms with Crippen LogP contribution in [0.15, 0.2) is 60.7 Å². The van der Waals surface area contributed by atoms with E-state index >= 15 is 0 Å². The Labute approximate surface area is 184 Å². The Hall–Kier alpha value is -1.64. The lowest BCUT2D eigenvalue weighted by Gasteiger charge is -2.22. The molecular formula is C19H22Cl3F3N2O2. The third-order valence-electron chi connectivity index (χ3n) is 2.58. The van der Waals surface area contributed by atoms with Gasteiger partial charge in [0, 0.05) is 16.7 Å². The monoisotopic (exact) mass is 472 g/mol.